The fraction of sp³-hybridized carbons (Fsp3) is 1.00. The van der Waals surface area contributed by atoms with Crippen molar-refractivity contribution in [2.45, 2.75) is 31.5 Å². The zero-order valence-electron chi connectivity index (χ0n) is 9.95. The van der Waals surface area contributed by atoms with Crippen molar-refractivity contribution < 1.29 is 40.2 Å². The van der Waals surface area contributed by atoms with Gasteiger partial charge in [-0.3, -0.25) is 0 Å². The molecule has 3 unspecified atom stereocenters. The van der Waals surface area contributed by atoms with Crippen molar-refractivity contribution >= 4 is 0 Å². The highest BCUT2D eigenvalue weighted by molar-refractivity contribution is 4.90. The van der Waals surface area contributed by atoms with E-state index < -0.39 is 49.7 Å². The maximum Gasteiger partial charge on any atom is 0.394 e. The Morgan fingerprint density at radius 3 is 2.00 bits per heavy atom. The quantitative estimate of drug-likeness (QED) is 0.743. The lowest BCUT2D eigenvalue weighted by Gasteiger charge is -2.43. The summed E-state index contributed by atoms with van der Waals surface area (Å²) in [5, 5.41) is 0. The fourth-order valence-electron chi connectivity index (χ4n) is 2.06. The highest BCUT2D eigenvalue weighted by Crippen LogP contribution is 2.48. The molecule has 19 heavy (non-hydrogen) atoms. The van der Waals surface area contributed by atoms with Crippen molar-refractivity contribution in [2.24, 2.45) is 11.8 Å². The second-order valence-corrected chi connectivity index (χ2v) is 4.29. The Bertz CT molecular complexity index is 301. The SMILES string of the molecule is CCOC1(CF)CC(C(F)(F)F)C(C(F)(F)F)CO1. The van der Waals surface area contributed by atoms with Gasteiger partial charge in [0.05, 0.1) is 18.4 Å². The summed E-state index contributed by atoms with van der Waals surface area (Å²) >= 11 is 0. The third-order valence-corrected chi connectivity index (χ3v) is 2.99. The van der Waals surface area contributed by atoms with E-state index in [1.54, 1.807) is 0 Å². The number of hydrogen-bond donors (Lipinski definition) is 0. The Hall–Kier alpha value is -0.570. The molecule has 0 aromatic rings. The zero-order valence-corrected chi connectivity index (χ0v) is 9.95. The number of ether oxygens (including phenoxy) is 2. The molecule has 1 saturated heterocycles. The molecule has 0 N–H and O–H groups in total. The van der Waals surface area contributed by atoms with Crippen LogP contribution in [0.4, 0.5) is 30.7 Å². The van der Waals surface area contributed by atoms with Crippen LogP contribution in [0.1, 0.15) is 13.3 Å². The van der Waals surface area contributed by atoms with E-state index in [0.717, 1.165) is 0 Å². The summed E-state index contributed by atoms with van der Waals surface area (Å²) in [6.07, 6.45) is -11.4. The molecule has 114 valence electrons. The Balaban J connectivity index is 3.00. The van der Waals surface area contributed by atoms with Crippen LogP contribution in [0.2, 0.25) is 0 Å². The summed E-state index contributed by atoms with van der Waals surface area (Å²) < 4.78 is 97.9. The minimum atomic E-state index is -5.10. The smallest absolute Gasteiger partial charge is 0.348 e. The van der Waals surface area contributed by atoms with Crippen LogP contribution in [0, 0.1) is 11.8 Å². The second-order valence-electron chi connectivity index (χ2n) is 4.29. The van der Waals surface area contributed by atoms with Gasteiger partial charge in [-0.2, -0.15) is 26.3 Å². The molecule has 0 spiro atoms. The van der Waals surface area contributed by atoms with Gasteiger partial charge < -0.3 is 9.47 Å². The average molecular weight is 298 g/mol. The zero-order chi connectivity index (χ0) is 14.9. The molecule has 1 aliphatic rings. The maximum atomic E-state index is 12.8. The van der Waals surface area contributed by atoms with E-state index in [1.165, 1.54) is 6.92 Å². The van der Waals surface area contributed by atoms with E-state index in [9.17, 15) is 30.7 Å². The Morgan fingerprint density at radius 1 is 1.11 bits per heavy atom. The van der Waals surface area contributed by atoms with Crippen LogP contribution in [-0.2, 0) is 9.47 Å². The average Bonchev–Trinajstić information content (AvgIpc) is 2.26. The number of hydrogen-bond acceptors (Lipinski definition) is 2. The molecule has 1 aliphatic heterocycles. The standard InChI is InChI=1S/C10H13F7O2/c1-2-18-8(5-11)3-6(9(12,13)14)7(4-19-8)10(15,16)17/h6-7H,2-5H2,1H3. The normalized spacial score (nSPS) is 33.5. The van der Waals surface area contributed by atoms with Crippen molar-refractivity contribution in [3.05, 3.63) is 0 Å². The monoisotopic (exact) mass is 298 g/mol. The minimum Gasteiger partial charge on any atom is -0.348 e. The third kappa shape index (κ3) is 3.71. The Labute approximate surface area is 104 Å². The van der Waals surface area contributed by atoms with E-state index in [2.05, 4.69) is 4.74 Å². The molecular formula is C10H13F7O2. The van der Waals surface area contributed by atoms with Gasteiger partial charge in [-0.05, 0) is 6.92 Å². The molecule has 0 aromatic carbocycles. The van der Waals surface area contributed by atoms with E-state index >= 15 is 0 Å². The lowest BCUT2D eigenvalue weighted by molar-refractivity contribution is -0.349. The molecule has 1 heterocycles. The van der Waals surface area contributed by atoms with Crippen molar-refractivity contribution in [3.8, 4) is 0 Å². The predicted octanol–water partition coefficient (Wildman–Crippen LogP) is 3.47. The molecule has 0 aromatic heterocycles. The van der Waals surface area contributed by atoms with Gasteiger partial charge in [0.2, 0.25) is 0 Å². The number of alkyl halides is 7. The summed E-state index contributed by atoms with van der Waals surface area (Å²) in [6, 6.07) is 0. The molecule has 0 amide bonds. The topological polar surface area (TPSA) is 18.5 Å². The van der Waals surface area contributed by atoms with Gasteiger partial charge in [-0.1, -0.05) is 0 Å². The molecule has 3 atom stereocenters. The first-order valence-electron chi connectivity index (χ1n) is 5.53. The summed E-state index contributed by atoms with van der Waals surface area (Å²) in [6.45, 7) is -1.47. The van der Waals surface area contributed by atoms with E-state index in [0.29, 0.717) is 0 Å². The van der Waals surface area contributed by atoms with Gasteiger partial charge in [-0.15, -0.1) is 0 Å². The summed E-state index contributed by atoms with van der Waals surface area (Å²) in [4.78, 5) is 0. The maximum absolute atomic E-state index is 12.8. The number of rotatable bonds is 3. The first kappa shape index (κ1) is 16.5. The lowest BCUT2D eigenvalue weighted by atomic mass is 9.83. The van der Waals surface area contributed by atoms with Crippen LogP contribution in [0.15, 0.2) is 0 Å². The van der Waals surface area contributed by atoms with Gasteiger partial charge in [-0.25, -0.2) is 4.39 Å². The first-order chi connectivity index (χ1) is 8.56. The highest BCUT2D eigenvalue weighted by Gasteiger charge is 2.61. The summed E-state index contributed by atoms with van der Waals surface area (Å²) in [5.41, 5.74) is 0. The van der Waals surface area contributed by atoms with E-state index in [4.69, 9.17) is 4.74 Å². The molecule has 1 rings (SSSR count). The summed E-state index contributed by atoms with van der Waals surface area (Å²) in [7, 11) is 0. The Kier molecular flexibility index (Phi) is 4.71. The van der Waals surface area contributed by atoms with Crippen LogP contribution in [0.5, 0.6) is 0 Å². The second kappa shape index (κ2) is 5.43. The molecule has 9 heteroatoms. The van der Waals surface area contributed by atoms with Gasteiger partial charge >= 0.3 is 12.4 Å². The van der Waals surface area contributed by atoms with E-state index in [-0.39, 0.29) is 6.61 Å². The Morgan fingerprint density at radius 2 is 1.63 bits per heavy atom. The number of halogens is 7. The molecule has 0 aliphatic carbocycles. The van der Waals surface area contributed by atoms with E-state index in [1.807, 2.05) is 0 Å². The van der Waals surface area contributed by atoms with Crippen LogP contribution >= 0.6 is 0 Å². The van der Waals surface area contributed by atoms with Crippen LogP contribution in [0.25, 0.3) is 0 Å². The van der Waals surface area contributed by atoms with Crippen molar-refractivity contribution in [1.82, 2.24) is 0 Å². The van der Waals surface area contributed by atoms with Crippen LogP contribution < -0.4 is 0 Å². The van der Waals surface area contributed by atoms with Gasteiger partial charge in [0.25, 0.3) is 0 Å². The van der Waals surface area contributed by atoms with Crippen LogP contribution in [-0.4, -0.2) is 38.0 Å². The third-order valence-electron chi connectivity index (χ3n) is 2.99. The largest absolute Gasteiger partial charge is 0.394 e. The summed E-state index contributed by atoms with van der Waals surface area (Å²) in [5.74, 6) is -7.67. The first-order valence-corrected chi connectivity index (χ1v) is 5.53. The van der Waals surface area contributed by atoms with Crippen molar-refractivity contribution in [1.29, 1.82) is 0 Å². The molecule has 0 bridgehead atoms. The fourth-order valence-corrected chi connectivity index (χ4v) is 2.06. The minimum absolute atomic E-state index is 0.162. The molecule has 0 radical (unpaired) electrons. The van der Waals surface area contributed by atoms with Gasteiger partial charge in [0, 0.05) is 13.0 Å². The molecule has 1 fully saturated rings. The van der Waals surface area contributed by atoms with Crippen LogP contribution in [0.3, 0.4) is 0 Å². The highest BCUT2D eigenvalue weighted by atomic mass is 19.4. The predicted molar refractivity (Wildman–Crippen MR) is 50.0 cm³/mol. The molecule has 2 nitrogen and oxygen atoms in total. The molecular weight excluding hydrogens is 285 g/mol. The van der Waals surface area contributed by atoms with Crippen molar-refractivity contribution in [2.75, 3.05) is 19.9 Å². The molecule has 0 saturated carbocycles. The van der Waals surface area contributed by atoms with Gasteiger partial charge in [0.15, 0.2) is 5.79 Å². The lowest BCUT2D eigenvalue weighted by Crippen LogP contribution is -2.55. The van der Waals surface area contributed by atoms with Crippen molar-refractivity contribution in [3.63, 3.8) is 0 Å². The van der Waals surface area contributed by atoms with Gasteiger partial charge in [0.1, 0.15) is 6.67 Å².